The molecule has 0 aliphatic heterocycles. The number of rotatable bonds is 4. The number of anilines is 1. The fourth-order valence-corrected chi connectivity index (χ4v) is 2.36. The highest BCUT2D eigenvalue weighted by atomic mass is 35.5. The predicted octanol–water partition coefficient (Wildman–Crippen LogP) is 2.34. The van der Waals surface area contributed by atoms with Crippen molar-refractivity contribution < 1.29 is 4.79 Å². The van der Waals surface area contributed by atoms with Crippen LogP contribution >= 0.6 is 12.4 Å². The zero-order valence-electron chi connectivity index (χ0n) is 12.6. The summed E-state index contributed by atoms with van der Waals surface area (Å²) in [5, 5.41) is 9.83. The van der Waals surface area contributed by atoms with Crippen molar-refractivity contribution in [3.8, 4) is 11.4 Å². The highest BCUT2D eigenvalue weighted by Gasteiger charge is 2.50. The van der Waals surface area contributed by atoms with Crippen molar-refractivity contribution in [2.75, 3.05) is 5.32 Å². The third-order valence-electron chi connectivity index (χ3n) is 3.97. The number of aromatic nitrogens is 3. The van der Waals surface area contributed by atoms with Gasteiger partial charge in [0.25, 0.3) is 0 Å². The summed E-state index contributed by atoms with van der Waals surface area (Å²) in [5.74, 6) is 1.48. The number of hydrogen-bond donors (Lipinski definition) is 3. The van der Waals surface area contributed by atoms with Crippen molar-refractivity contribution in [1.29, 1.82) is 0 Å². The van der Waals surface area contributed by atoms with E-state index in [0.29, 0.717) is 18.2 Å². The number of nitrogens with zero attached hydrogens (tertiary/aromatic N) is 2. The molecule has 1 heterocycles. The summed E-state index contributed by atoms with van der Waals surface area (Å²) >= 11 is 0. The molecular weight excluding hydrogens is 302 g/mol. The number of H-pyrrole nitrogens is 1. The normalized spacial score (nSPS) is 18.4. The van der Waals surface area contributed by atoms with Crippen LogP contribution < -0.4 is 11.1 Å². The lowest BCUT2D eigenvalue weighted by molar-refractivity contribution is -0.118. The van der Waals surface area contributed by atoms with Gasteiger partial charge in [-0.3, -0.25) is 9.89 Å². The first-order valence-electron chi connectivity index (χ1n) is 7.02. The molecule has 1 aliphatic rings. The number of amides is 1. The fourth-order valence-electron chi connectivity index (χ4n) is 2.36. The molecule has 1 unspecified atom stereocenters. The van der Waals surface area contributed by atoms with Gasteiger partial charge in [0.2, 0.25) is 5.91 Å². The van der Waals surface area contributed by atoms with Crippen LogP contribution in [0.3, 0.4) is 0 Å². The summed E-state index contributed by atoms with van der Waals surface area (Å²) < 4.78 is 0. The number of aromatic amines is 1. The molecule has 0 spiro atoms. The highest BCUT2D eigenvalue weighted by Crippen LogP contribution is 2.51. The summed E-state index contributed by atoms with van der Waals surface area (Å²) in [5.41, 5.74) is 7.31. The van der Waals surface area contributed by atoms with E-state index >= 15 is 0 Å². The Labute approximate surface area is 135 Å². The minimum absolute atomic E-state index is 0. The minimum atomic E-state index is 0. The number of nitrogens with two attached hydrogens (primary N) is 1. The zero-order valence-corrected chi connectivity index (χ0v) is 13.4. The van der Waals surface area contributed by atoms with Crippen LogP contribution in [0.25, 0.3) is 11.4 Å². The molecule has 1 amide bonds. The second kappa shape index (κ2) is 6.06. The van der Waals surface area contributed by atoms with E-state index in [9.17, 15) is 4.79 Å². The topological polar surface area (TPSA) is 96.7 Å². The Kier molecular flexibility index (Phi) is 4.53. The standard InChI is InChI=1S/C15H19N5O.ClH/c1-15(2)7-11(15)14(21)17-10-5-3-9(4-6-10)13-18-12(8-16)19-20-13;/h3-6,11H,7-8,16H2,1-2H3,(H,17,21)(H,18,19,20);1H. The van der Waals surface area contributed by atoms with Crippen LogP contribution in [0.4, 0.5) is 5.69 Å². The van der Waals surface area contributed by atoms with E-state index in [1.165, 1.54) is 0 Å². The van der Waals surface area contributed by atoms with Crippen molar-refractivity contribution in [3.63, 3.8) is 0 Å². The van der Waals surface area contributed by atoms with E-state index in [-0.39, 0.29) is 29.6 Å². The van der Waals surface area contributed by atoms with Crippen LogP contribution in [-0.2, 0) is 11.3 Å². The number of carbonyl (C=O) groups excluding carboxylic acids is 1. The fraction of sp³-hybridized carbons (Fsp3) is 0.400. The third-order valence-corrected chi connectivity index (χ3v) is 3.97. The lowest BCUT2D eigenvalue weighted by Gasteiger charge is -2.06. The molecule has 0 bridgehead atoms. The number of nitrogens with one attached hydrogen (secondary N) is 2. The van der Waals surface area contributed by atoms with E-state index in [4.69, 9.17) is 5.73 Å². The van der Waals surface area contributed by atoms with Crippen LogP contribution in [0.2, 0.25) is 0 Å². The van der Waals surface area contributed by atoms with Crippen molar-refractivity contribution in [1.82, 2.24) is 15.2 Å². The Morgan fingerprint density at radius 3 is 2.55 bits per heavy atom. The second-order valence-electron chi connectivity index (χ2n) is 6.12. The summed E-state index contributed by atoms with van der Waals surface area (Å²) in [6.45, 7) is 4.55. The minimum Gasteiger partial charge on any atom is -0.326 e. The molecule has 2 aromatic rings. The number of halogens is 1. The van der Waals surface area contributed by atoms with Crippen molar-refractivity contribution in [2.45, 2.75) is 26.8 Å². The Bertz CT molecular complexity index is 665. The van der Waals surface area contributed by atoms with Crippen molar-refractivity contribution in [3.05, 3.63) is 30.1 Å². The van der Waals surface area contributed by atoms with Gasteiger partial charge in [-0.15, -0.1) is 12.4 Å². The summed E-state index contributed by atoms with van der Waals surface area (Å²) in [6.07, 6.45) is 0.954. The number of hydrogen-bond acceptors (Lipinski definition) is 4. The third kappa shape index (κ3) is 3.28. The molecular formula is C15H20ClN5O. The van der Waals surface area contributed by atoms with Gasteiger partial charge in [0.05, 0.1) is 6.54 Å². The summed E-state index contributed by atoms with van der Waals surface area (Å²) in [7, 11) is 0. The van der Waals surface area contributed by atoms with Gasteiger partial charge in [-0.1, -0.05) is 13.8 Å². The molecule has 1 atom stereocenters. The molecule has 0 radical (unpaired) electrons. The molecule has 1 saturated carbocycles. The lowest BCUT2D eigenvalue weighted by Crippen LogP contribution is -2.16. The first-order chi connectivity index (χ1) is 9.99. The molecule has 3 rings (SSSR count). The lowest BCUT2D eigenvalue weighted by atomic mass is 10.1. The van der Waals surface area contributed by atoms with Crippen LogP contribution in [0.15, 0.2) is 24.3 Å². The molecule has 1 aliphatic carbocycles. The first-order valence-corrected chi connectivity index (χ1v) is 7.02. The highest BCUT2D eigenvalue weighted by molar-refractivity contribution is 5.95. The molecule has 4 N–H and O–H groups in total. The summed E-state index contributed by atoms with van der Waals surface area (Å²) in [4.78, 5) is 16.3. The van der Waals surface area contributed by atoms with Gasteiger partial charge < -0.3 is 11.1 Å². The van der Waals surface area contributed by atoms with Crippen LogP contribution in [0, 0.1) is 11.3 Å². The Morgan fingerprint density at radius 2 is 2.05 bits per heavy atom. The molecule has 6 nitrogen and oxygen atoms in total. The maximum absolute atomic E-state index is 12.0. The SMILES string of the molecule is CC1(C)CC1C(=O)Nc1ccc(-c2n[nH]c(CN)n2)cc1.Cl. The Balaban J connectivity index is 0.00000176. The van der Waals surface area contributed by atoms with Crippen LogP contribution in [0.5, 0.6) is 0 Å². The van der Waals surface area contributed by atoms with Crippen LogP contribution in [0.1, 0.15) is 26.1 Å². The Morgan fingerprint density at radius 1 is 1.41 bits per heavy atom. The van der Waals surface area contributed by atoms with Gasteiger partial charge >= 0.3 is 0 Å². The average molecular weight is 322 g/mol. The monoisotopic (exact) mass is 321 g/mol. The van der Waals surface area contributed by atoms with Crippen molar-refractivity contribution >= 4 is 24.0 Å². The smallest absolute Gasteiger partial charge is 0.228 e. The quantitative estimate of drug-likeness (QED) is 0.805. The Hall–Kier alpha value is -1.92. The molecule has 1 aromatic heterocycles. The van der Waals surface area contributed by atoms with E-state index in [2.05, 4.69) is 34.3 Å². The largest absolute Gasteiger partial charge is 0.326 e. The van der Waals surface area contributed by atoms with E-state index < -0.39 is 0 Å². The molecule has 22 heavy (non-hydrogen) atoms. The second-order valence-corrected chi connectivity index (χ2v) is 6.12. The van der Waals surface area contributed by atoms with Gasteiger partial charge in [-0.05, 0) is 36.1 Å². The van der Waals surface area contributed by atoms with Gasteiger partial charge in [0.15, 0.2) is 5.82 Å². The molecule has 118 valence electrons. The first kappa shape index (κ1) is 16.5. The van der Waals surface area contributed by atoms with Crippen molar-refractivity contribution in [2.24, 2.45) is 17.1 Å². The van der Waals surface area contributed by atoms with Gasteiger partial charge in [-0.25, -0.2) is 4.98 Å². The number of benzene rings is 1. The predicted molar refractivity (Wildman–Crippen MR) is 87.5 cm³/mol. The van der Waals surface area contributed by atoms with Gasteiger partial charge in [0, 0.05) is 17.2 Å². The molecule has 0 saturated heterocycles. The van der Waals surface area contributed by atoms with Gasteiger partial charge in [-0.2, -0.15) is 5.10 Å². The number of carbonyl (C=O) groups is 1. The maximum Gasteiger partial charge on any atom is 0.228 e. The molecule has 1 aromatic carbocycles. The zero-order chi connectivity index (χ0) is 15.0. The molecule has 7 heteroatoms. The van der Waals surface area contributed by atoms with E-state index in [0.717, 1.165) is 17.7 Å². The molecule has 1 fully saturated rings. The van der Waals surface area contributed by atoms with Crippen LogP contribution in [-0.4, -0.2) is 21.1 Å². The van der Waals surface area contributed by atoms with E-state index in [1.54, 1.807) is 0 Å². The maximum atomic E-state index is 12.0. The average Bonchev–Trinajstić information content (AvgIpc) is 2.89. The van der Waals surface area contributed by atoms with Gasteiger partial charge in [0.1, 0.15) is 5.82 Å². The summed E-state index contributed by atoms with van der Waals surface area (Å²) in [6, 6.07) is 7.50. The van der Waals surface area contributed by atoms with E-state index in [1.807, 2.05) is 24.3 Å².